The van der Waals surface area contributed by atoms with Gasteiger partial charge in [0, 0.05) is 30.8 Å². The molecule has 4 aromatic rings. The lowest BCUT2D eigenvalue weighted by molar-refractivity contribution is 0.122. The van der Waals surface area contributed by atoms with Crippen LogP contribution in [-0.2, 0) is 13.1 Å². The highest BCUT2D eigenvalue weighted by Crippen LogP contribution is 2.29. The molecule has 0 saturated heterocycles. The fourth-order valence-corrected chi connectivity index (χ4v) is 4.42. The van der Waals surface area contributed by atoms with Gasteiger partial charge in [-0.1, -0.05) is 13.8 Å². The Kier molecular flexibility index (Phi) is 7.23. The molecule has 0 radical (unpaired) electrons. The van der Waals surface area contributed by atoms with Crippen LogP contribution >= 0.6 is 0 Å². The first-order valence-electron chi connectivity index (χ1n) is 11.6. The molecule has 0 spiro atoms. The predicted molar refractivity (Wildman–Crippen MR) is 129 cm³/mol. The first-order valence-corrected chi connectivity index (χ1v) is 11.6. The number of hydrogen-bond acceptors (Lipinski definition) is 7. The average molecular weight is 465 g/mol. The van der Waals surface area contributed by atoms with Crippen molar-refractivity contribution in [3.05, 3.63) is 75.2 Å². The van der Waals surface area contributed by atoms with Crippen molar-refractivity contribution >= 4 is 10.9 Å². The molecule has 3 heterocycles. The first-order chi connectivity index (χ1) is 16.4. The molecule has 0 aliphatic heterocycles. The molecule has 180 valence electrons. The number of aromatic amines is 1. The molecule has 2 N–H and O–H groups in total. The SMILES string of the molecule is Cc1cc2cc(CN(CCCO)C(c3nnnn3Cc3ccco3)C(C)C)c(=O)[nH]c2cc1C. The number of hydrogen-bond donors (Lipinski definition) is 2. The van der Waals surface area contributed by atoms with E-state index in [-0.39, 0.29) is 24.1 Å². The molecule has 9 heteroatoms. The van der Waals surface area contributed by atoms with Crippen LogP contribution in [0.1, 0.15) is 54.6 Å². The van der Waals surface area contributed by atoms with Gasteiger partial charge in [0.05, 0.1) is 12.3 Å². The van der Waals surface area contributed by atoms with Gasteiger partial charge in [-0.2, -0.15) is 0 Å². The van der Waals surface area contributed by atoms with Crippen molar-refractivity contribution in [3.8, 4) is 0 Å². The summed E-state index contributed by atoms with van der Waals surface area (Å²) in [6.45, 7) is 9.82. The maximum Gasteiger partial charge on any atom is 0.252 e. The number of aryl methyl sites for hydroxylation is 2. The summed E-state index contributed by atoms with van der Waals surface area (Å²) in [5.41, 5.74) is 3.72. The summed E-state index contributed by atoms with van der Waals surface area (Å²) < 4.78 is 7.23. The van der Waals surface area contributed by atoms with E-state index in [1.165, 1.54) is 5.56 Å². The van der Waals surface area contributed by atoms with Crippen molar-refractivity contribution in [3.63, 3.8) is 0 Å². The molecule has 0 aliphatic rings. The van der Waals surface area contributed by atoms with Crippen LogP contribution in [0.15, 0.2) is 45.8 Å². The van der Waals surface area contributed by atoms with E-state index in [1.54, 1.807) is 10.9 Å². The number of pyridine rings is 1. The number of tetrazole rings is 1. The standard InChI is InChI=1S/C25H32N6O3/c1-16(2)23(24-27-28-29-31(24)15-21-7-5-10-34-21)30(8-6-9-32)14-20-13-19-11-17(3)18(4)12-22(19)26-25(20)33/h5,7,10-13,16,23,32H,6,8-9,14-15H2,1-4H3,(H,26,33). The number of nitrogens with one attached hydrogen (secondary N) is 1. The molecular formula is C25H32N6O3. The topological polar surface area (TPSA) is 113 Å². The van der Waals surface area contributed by atoms with Gasteiger partial charge in [0.15, 0.2) is 5.82 Å². The second-order valence-corrected chi connectivity index (χ2v) is 9.16. The van der Waals surface area contributed by atoms with Crippen LogP contribution in [-0.4, -0.2) is 48.3 Å². The van der Waals surface area contributed by atoms with Crippen molar-refractivity contribution in [1.82, 2.24) is 30.1 Å². The minimum absolute atomic E-state index is 0.0607. The molecule has 1 unspecified atom stereocenters. The van der Waals surface area contributed by atoms with Crippen LogP contribution in [0.4, 0.5) is 0 Å². The lowest BCUT2D eigenvalue weighted by Gasteiger charge is -2.33. The molecule has 0 bridgehead atoms. The Morgan fingerprint density at radius 2 is 2.00 bits per heavy atom. The monoisotopic (exact) mass is 464 g/mol. The third kappa shape index (κ3) is 5.10. The van der Waals surface area contributed by atoms with Crippen molar-refractivity contribution in [2.45, 2.75) is 53.2 Å². The van der Waals surface area contributed by atoms with E-state index in [1.807, 2.05) is 31.2 Å². The highest BCUT2D eigenvalue weighted by molar-refractivity contribution is 5.80. The van der Waals surface area contributed by atoms with Crippen LogP contribution < -0.4 is 5.56 Å². The number of H-pyrrole nitrogens is 1. The van der Waals surface area contributed by atoms with E-state index in [0.29, 0.717) is 37.4 Å². The second-order valence-electron chi connectivity index (χ2n) is 9.16. The minimum Gasteiger partial charge on any atom is -0.467 e. The van der Waals surface area contributed by atoms with E-state index in [9.17, 15) is 9.90 Å². The zero-order chi connectivity index (χ0) is 24.2. The fraction of sp³-hybridized carbons (Fsp3) is 0.440. The van der Waals surface area contributed by atoms with Crippen LogP contribution in [0, 0.1) is 19.8 Å². The van der Waals surface area contributed by atoms with Crippen LogP contribution in [0.3, 0.4) is 0 Å². The Morgan fingerprint density at radius 1 is 1.21 bits per heavy atom. The van der Waals surface area contributed by atoms with Gasteiger partial charge in [-0.15, -0.1) is 5.10 Å². The number of aromatic nitrogens is 5. The normalized spacial score (nSPS) is 12.8. The number of aliphatic hydroxyl groups is 1. The highest BCUT2D eigenvalue weighted by Gasteiger charge is 2.30. The van der Waals surface area contributed by atoms with Crippen molar-refractivity contribution < 1.29 is 9.52 Å². The highest BCUT2D eigenvalue weighted by atomic mass is 16.3. The molecule has 1 aromatic carbocycles. The third-order valence-electron chi connectivity index (χ3n) is 6.25. The van der Waals surface area contributed by atoms with E-state index in [4.69, 9.17) is 4.42 Å². The molecule has 0 amide bonds. The van der Waals surface area contributed by atoms with Gasteiger partial charge >= 0.3 is 0 Å². The fourth-order valence-electron chi connectivity index (χ4n) is 4.42. The maximum absolute atomic E-state index is 13.0. The number of nitrogens with zero attached hydrogens (tertiary/aromatic N) is 5. The second kappa shape index (κ2) is 10.3. The Balaban J connectivity index is 1.70. The Hall–Kier alpha value is -3.30. The summed E-state index contributed by atoms with van der Waals surface area (Å²) in [6, 6.07) is 9.65. The Morgan fingerprint density at radius 3 is 2.71 bits per heavy atom. The number of aliphatic hydroxyl groups excluding tert-OH is 1. The third-order valence-corrected chi connectivity index (χ3v) is 6.25. The molecule has 4 rings (SSSR count). The van der Waals surface area contributed by atoms with Crippen LogP contribution in [0.25, 0.3) is 10.9 Å². The van der Waals surface area contributed by atoms with Gasteiger partial charge in [0.25, 0.3) is 5.56 Å². The lowest BCUT2D eigenvalue weighted by Crippen LogP contribution is -2.36. The number of furan rings is 1. The van der Waals surface area contributed by atoms with Gasteiger partial charge in [-0.3, -0.25) is 9.69 Å². The summed E-state index contributed by atoms with van der Waals surface area (Å²) >= 11 is 0. The summed E-state index contributed by atoms with van der Waals surface area (Å²) in [7, 11) is 0. The molecule has 0 fully saturated rings. The predicted octanol–water partition coefficient (Wildman–Crippen LogP) is 3.35. The zero-order valence-corrected chi connectivity index (χ0v) is 20.2. The molecule has 1 atom stereocenters. The maximum atomic E-state index is 13.0. The zero-order valence-electron chi connectivity index (χ0n) is 20.2. The average Bonchev–Trinajstić information content (AvgIpc) is 3.47. The molecular weight excluding hydrogens is 432 g/mol. The number of rotatable bonds is 10. The van der Waals surface area contributed by atoms with Gasteiger partial charge in [-0.25, -0.2) is 4.68 Å². The summed E-state index contributed by atoms with van der Waals surface area (Å²) in [4.78, 5) is 18.2. The van der Waals surface area contributed by atoms with Crippen LogP contribution in [0.5, 0.6) is 0 Å². The molecule has 34 heavy (non-hydrogen) atoms. The molecule has 0 saturated carbocycles. The van der Waals surface area contributed by atoms with E-state index in [2.05, 4.69) is 52.2 Å². The smallest absolute Gasteiger partial charge is 0.252 e. The van der Waals surface area contributed by atoms with Gasteiger partial charge < -0.3 is 14.5 Å². The van der Waals surface area contributed by atoms with Crippen molar-refractivity contribution in [2.24, 2.45) is 5.92 Å². The van der Waals surface area contributed by atoms with Gasteiger partial charge in [0.2, 0.25) is 0 Å². The summed E-state index contributed by atoms with van der Waals surface area (Å²) in [6.07, 6.45) is 2.20. The Labute approximate surface area is 198 Å². The number of fused-ring (bicyclic) bond motifs is 1. The lowest BCUT2D eigenvalue weighted by atomic mass is 9.99. The summed E-state index contributed by atoms with van der Waals surface area (Å²) in [5, 5.41) is 23.0. The van der Waals surface area contributed by atoms with Gasteiger partial charge in [-0.05, 0) is 83.5 Å². The van der Waals surface area contributed by atoms with Gasteiger partial charge in [0.1, 0.15) is 12.3 Å². The van der Waals surface area contributed by atoms with Crippen molar-refractivity contribution in [1.29, 1.82) is 0 Å². The largest absolute Gasteiger partial charge is 0.467 e. The minimum atomic E-state index is -0.161. The molecule has 3 aromatic heterocycles. The molecule has 9 nitrogen and oxygen atoms in total. The van der Waals surface area contributed by atoms with Crippen molar-refractivity contribution in [2.75, 3.05) is 13.2 Å². The van der Waals surface area contributed by atoms with E-state index in [0.717, 1.165) is 22.2 Å². The van der Waals surface area contributed by atoms with E-state index >= 15 is 0 Å². The number of benzene rings is 1. The summed E-state index contributed by atoms with van der Waals surface area (Å²) in [5.74, 6) is 1.62. The quantitative estimate of drug-likeness (QED) is 0.370. The molecule has 0 aliphatic carbocycles. The Bertz CT molecular complexity index is 1290. The first kappa shape index (κ1) is 23.8. The van der Waals surface area contributed by atoms with Crippen LogP contribution in [0.2, 0.25) is 0 Å². The van der Waals surface area contributed by atoms with E-state index < -0.39 is 0 Å².